The van der Waals surface area contributed by atoms with Crippen molar-refractivity contribution in [2.24, 2.45) is 11.8 Å². The Labute approximate surface area is 186 Å². The highest BCUT2D eigenvalue weighted by molar-refractivity contribution is 5.94. The monoisotopic (exact) mass is 427 g/mol. The summed E-state index contributed by atoms with van der Waals surface area (Å²) >= 11 is 0. The first-order valence-electron chi connectivity index (χ1n) is 12.0. The van der Waals surface area contributed by atoms with Gasteiger partial charge in [-0.1, -0.05) is 0 Å². The van der Waals surface area contributed by atoms with Crippen LogP contribution in [0.4, 0.5) is 5.69 Å². The number of likely N-dealkylation sites (tertiary alicyclic amines) is 1. The van der Waals surface area contributed by atoms with Crippen molar-refractivity contribution in [3.63, 3.8) is 0 Å². The molecule has 2 N–H and O–H groups in total. The maximum absolute atomic E-state index is 13.0. The molecule has 31 heavy (non-hydrogen) atoms. The molecule has 1 aromatic rings. The SMILES string of the molecule is CCN(CC)C(=O)C1CNNC1C1CCN(C(=O)c2ccc(N3CCCC3)cc2)CC1. The van der Waals surface area contributed by atoms with Crippen molar-refractivity contribution in [3.8, 4) is 0 Å². The van der Waals surface area contributed by atoms with Gasteiger partial charge < -0.3 is 14.7 Å². The summed E-state index contributed by atoms with van der Waals surface area (Å²) in [7, 11) is 0. The first-order chi connectivity index (χ1) is 15.1. The van der Waals surface area contributed by atoms with Gasteiger partial charge in [0.1, 0.15) is 0 Å². The Morgan fingerprint density at radius 1 is 1.00 bits per heavy atom. The average molecular weight is 428 g/mol. The average Bonchev–Trinajstić information content (AvgIpc) is 3.52. The van der Waals surface area contributed by atoms with E-state index < -0.39 is 0 Å². The molecule has 3 aliphatic rings. The van der Waals surface area contributed by atoms with Gasteiger partial charge in [0.2, 0.25) is 5.91 Å². The van der Waals surface area contributed by atoms with Crippen molar-refractivity contribution in [1.29, 1.82) is 0 Å². The number of hydrazine groups is 1. The smallest absolute Gasteiger partial charge is 0.253 e. The lowest BCUT2D eigenvalue weighted by Gasteiger charge is -2.37. The summed E-state index contributed by atoms with van der Waals surface area (Å²) in [5, 5.41) is 0. The van der Waals surface area contributed by atoms with E-state index in [2.05, 4.69) is 27.9 Å². The number of anilines is 1. The van der Waals surface area contributed by atoms with Gasteiger partial charge in [-0.2, -0.15) is 0 Å². The Morgan fingerprint density at radius 2 is 1.65 bits per heavy atom. The van der Waals surface area contributed by atoms with Gasteiger partial charge in [-0.05, 0) is 69.7 Å². The zero-order valence-electron chi connectivity index (χ0n) is 19.0. The Hall–Kier alpha value is -2.12. The van der Waals surface area contributed by atoms with Gasteiger partial charge in [0.05, 0.1) is 5.92 Å². The molecule has 170 valence electrons. The standard InChI is InChI=1S/C24H37N5O2/c1-3-27(4-2)24(31)21-17-25-26-22(21)18-11-15-29(16-12-18)23(30)19-7-9-20(10-8-19)28-13-5-6-14-28/h7-10,18,21-22,25-26H,3-6,11-17H2,1-2H3. The van der Waals surface area contributed by atoms with E-state index in [0.29, 0.717) is 12.5 Å². The molecule has 3 heterocycles. The molecular weight excluding hydrogens is 390 g/mol. The summed E-state index contributed by atoms with van der Waals surface area (Å²) in [5.41, 5.74) is 8.57. The second-order valence-electron chi connectivity index (χ2n) is 9.04. The van der Waals surface area contributed by atoms with Crippen LogP contribution in [0.1, 0.15) is 49.9 Å². The van der Waals surface area contributed by atoms with Crippen LogP contribution in [-0.4, -0.2) is 73.5 Å². The Kier molecular flexibility index (Phi) is 7.13. The number of amides is 2. The minimum Gasteiger partial charge on any atom is -0.372 e. The largest absolute Gasteiger partial charge is 0.372 e. The molecule has 1 aromatic carbocycles. The van der Waals surface area contributed by atoms with Crippen LogP contribution < -0.4 is 15.8 Å². The predicted octanol–water partition coefficient (Wildman–Crippen LogP) is 2.10. The quantitative estimate of drug-likeness (QED) is 0.728. The van der Waals surface area contributed by atoms with E-state index in [1.54, 1.807) is 0 Å². The second-order valence-corrected chi connectivity index (χ2v) is 9.04. The van der Waals surface area contributed by atoms with Crippen molar-refractivity contribution in [3.05, 3.63) is 29.8 Å². The van der Waals surface area contributed by atoms with Gasteiger partial charge in [0, 0.05) is 63.1 Å². The molecule has 2 atom stereocenters. The highest BCUT2D eigenvalue weighted by Crippen LogP contribution is 2.29. The maximum atomic E-state index is 13.0. The molecule has 3 fully saturated rings. The zero-order chi connectivity index (χ0) is 21.8. The highest BCUT2D eigenvalue weighted by atomic mass is 16.2. The number of benzene rings is 1. The van der Waals surface area contributed by atoms with Gasteiger partial charge >= 0.3 is 0 Å². The van der Waals surface area contributed by atoms with E-state index >= 15 is 0 Å². The summed E-state index contributed by atoms with van der Waals surface area (Å²) in [4.78, 5) is 32.2. The van der Waals surface area contributed by atoms with Crippen LogP contribution in [0.5, 0.6) is 0 Å². The van der Waals surface area contributed by atoms with Crippen LogP contribution in [-0.2, 0) is 4.79 Å². The van der Waals surface area contributed by atoms with E-state index in [4.69, 9.17) is 0 Å². The van der Waals surface area contributed by atoms with Crippen LogP contribution in [0.2, 0.25) is 0 Å². The number of rotatable bonds is 6. The zero-order valence-corrected chi connectivity index (χ0v) is 19.0. The first kappa shape index (κ1) is 22.1. The fourth-order valence-electron chi connectivity index (χ4n) is 5.41. The number of nitrogens with one attached hydrogen (secondary N) is 2. The van der Waals surface area contributed by atoms with Crippen molar-refractivity contribution in [2.75, 3.05) is 50.7 Å². The lowest BCUT2D eigenvalue weighted by atomic mass is 9.82. The van der Waals surface area contributed by atoms with Crippen molar-refractivity contribution >= 4 is 17.5 Å². The Balaban J connectivity index is 1.32. The molecule has 4 rings (SSSR count). The number of piperidine rings is 1. The fourth-order valence-corrected chi connectivity index (χ4v) is 5.41. The van der Waals surface area contributed by atoms with Crippen LogP contribution in [0.15, 0.2) is 24.3 Å². The van der Waals surface area contributed by atoms with Crippen LogP contribution in [0.3, 0.4) is 0 Å². The molecule has 3 saturated heterocycles. The maximum Gasteiger partial charge on any atom is 0.253 e. The van der Waals surface area contributed by atoms with Gasteiger partial charge in [-0.25, -0.2) is 0 Å². The van der Waals surface area contributed by atoms with Gasteiger partial charge in [-0.3, -0.25) is 20.4 Å². The molecule has 0 saturated carbocycles. The van der Waals surface area contributed by atoms with E-state index in [-0.39, 0.29) is 23.8 Å². The summed E-state index contributed by atoms with van der Waals surface area (Å²) in [5.74, 6) is 0.746. The summed E-state index contributed by atoms with van der Waals surface area (Å²) in [6, 6.07) is 8.27. The van der Waals surface area contributed by atoms with E-state index in [0.717, 1.165) is 57.7 Å². The van der Waals surface area contributed by atoms with E-state index in [1.165, 1.54) is 18.5 Å². The van der Waals surface area contributed by atoms with Crippen LogP contribution >= 0.6 is 0 Å². The van der Waals surface area contributed by atoms with E-state index in [1.807, 2.05) is 35.8 Å². The van der Waals surface area contributed by atoms with E-state index in [9.17, 15) is 9.59 Å². The van der Waals surface area contributed by atoms with Crippen molar-refractivity contribution < 1.29 is 9.59 Å². The second kappa shape index (κ2) is 10.0. The molecule has 2 unspecified atom stereocenters. The van der Waals surface area contributed by atoms with Crippen molar-refractivity contribution in [1.82, 2.24) is 20.7 Å². The summed E-state index contributed by atoms with van der Waals surface area (Å²) < 4.78 is 0. The molecule has 0 aromatic heterocycles. The van der Waals surface area contributed by atoms with Crippen molar-refractivity contribution in [2.45, 2.75) is 45.6 Å². The molecule has 0 aliphatic carbocycles. The highest BCUT2D eigenvalue weighted by Gasteiger charge is 2.40. The van der Waals surface area contributed by atoms with Crippen LogP contribution in [0.25, 0.3) is 0 Å². The molecule has 0 spiro atoms. The van der Waals surface area contributed by atoms with Crippen LogP contribution in [0, 0.1) is 11.8 Å². The third kappa shape index (κ3) is 4.72. The lowest BCUT2D eigenvalue weighted by molar-refractivity contribution is -0.135. The minimum absolute atomic E-state index is 0.0229. The Morgan fingerprint density at radius 3 is 2.26 bits per heavy atom. The fraction of sp³-hybridized carbons (Fsp3) is 0.667. The summed E-state index contributed by atoms with van der Waals surface area (Å²) in [6.07, 6.45) is 4.36. The van der Waals surface area contributed by atoms with Gasteiger partial charge in [0.15, 0.2) is 0 Å². The lowest BCUT2D eigenvalue weighted by Crippen LogP contribution is -2.49. The molecule has 7 heteroatoms. The number of carbonyl (C=O) groups is 2. The number of hydrogen-bond acceptors (Lipinski definition) is 5. The molecule has 3 aliphatic heterocycles. The van der Waals surface area contributed by atoms with Gasteiger partial charge in [-0.15, -0.1) is 0 Å². The molecule has 7 nitrogen and oxygen atoms in total. The molecule has 2 amide bonds. The predicted molar refractivity (Wildman–Crippen MR) is 123 cm³/mol. The molecular formula is C24H37N5O2. The topological polar surface area (TPSA) is 67.9 Å². The third-order valence-electron chi connectivity index (χ3n) is 7.34. The number of hydrogen-bond donors (Lipinski definition) is 2. The normalized spacial score (nSPS) is 24.6. The summed E-state index contributed by atoms with van der Waals surface area (Å²) in [6.45, 7) is 9.99. The van der Waals surface area contributed by atoms with Gasteiger partial charge in [0.25, 0.3) is 5.91 Å². The number of carbonyl (C=O) groups excluding carboxylic acids is 2. The Bertz CT molecular complexity index is 750. The minimum atomic E-state index is -0.0229. The first-order valence-corrected chi connectivity index (χ1v) is 12.0. The molecule has 0 radical (unpaired) electrons. The molecule has 0 bridgehead atoms. The number of nitrogens with zero attached hydrogens (tertiary/aromatic N) is 3. The third-order valence-corrected chi connectivity index (χ3v) is 7.34.